The first-order valence-corrected chi connectivity index (χ1v) is 7.22. The molecule has 94 valence electrons. The Morgan fingerprint density at radius 2 is 1.88 bits per heavy atom. The molecular formula is C12H17NO3S. The van der Waals surface area contributed by atoms with E-state index >= 15 is 0 Å². The molecule has 0 aliphatic carbocycles. The van der Waals surface area contributed by atoms with Crippen LogP contribution in [0.1, 0.15) is 12.5 Å². The Morgan fingerprint density at radius 3 is 2.35 bits per heavy atom. The summed E-state index contributed by atoms with van der Waals surface area (Å²) in [4.78, 5) is 0.339. The molecule has 0 atom stereocenters. The van der Waals surface area contributed by atoms with Crippen molar-refractivity contribution in [3.05, 3.63) is 29.8 Å². The van der Waals surface area contributed by atoms with E-state index < -0.39 is 10.0 Å². The number of hydrogen-bond acceptors (Lipinski definition) is 3. The summed E-state index contributed by atoms with van der Waals surface area (Å²) in [6.07, 6.45) is 0.899. The van der Waals surface area contributed by atoms with E-state index in [1.165, 1.54) is 4.31 Å². The first-order valence-electron chi connectivity index (χ1n) is 5.78. The van der Waals surface area contributed by atoms with Crippen LogP contribution in [-0.4, -0.2) is 37.5 Å². The molecule has 5 heteroatoms. The van der Waals surface area contributed by atoms with Gasteiger partial charge < -0.3 is 5.11 Å². The predicted molar refractivity (Wildman–Crippen MR) is 65.2 cm³/mol. The zero-order chi connectivity index (χ0) is 12.5. The number of aliphatic hydroxyl groups is 1. The number of hydrogen-bond donors (Lipinski definition) is 1. The lowest BCUT2D eigenvalue weighted by molar-refractivity contribution is 0.117. The van der Waals surface area contributed by atoms with Crippen LogP contribution in [0.4, 0.5) is 0 Å². The second-order valence-corrected chi connectivity index (χ2v) is 6.31. The number of rotatable bonds is 4. The SMILES string of the molecule is CCc1ccc(S(=O)(=O)N2CC(CO)C2)cc1. The topological polar surface area (TPSA) is 57.6 Å². The summed E-state index contributed by atoms with van der Waals surface area (Å²) < 4.78 is 25.7. The summed E-state index contributed by atoms with van der Waals surface area (Å²) in [5, 5.41) is 8.89. The average molecular weight is 255 g/mol. The van der Waals surface area contributed by atoms with Crippen LogP contribution in [0.15, 0.2) is 29.2 Å². The molecule has 1 aromatic rings. The number of aryl methyl sites for hydroxylation is 1. The van der Waals surface area contributed by atoms with Crippen LogP contribution in [0.25, 0.3) is 0 Å². The molecule has 0 spiro atoms. The molecule has 1 aromatic carbocycles. The lowest BCUT2D eigenvalue weighted by atomic mass is 10.1. The van der Waals surface area contributed by atoms with Gasteiger partial charge in [0.05, 0.1) is 4.90 Å². The number of nitrogens with zero attached hydrogens (tertiary/aromatic N) is 1. The van der Waals surface area contributed by atoms with E-state index in [1.807, 2.05) is 19.1 Å². The minimum absolute atomic E-state index is 0.0563. The van der Waals surface area contributed by atoms with Gasteiger partial charge in [-0.2, -0.15) is 4.31 Å². The summed E-state index contributed by atoms with van der Waals surface area (Å²) in [7, 11) is -3.35. The zero-order valence-corrected chi connectivity index (χ0v) is 10.7. The van der Waals surface area contributed by atoms with Gasteiger partial charge in [0, 0.05) is 25.6 Å². The molecule has 17 heavy (non-hydrogen) atoms. The normalized spacial score (nSPS) is 18.0. The van der Waals surface area contributed by atoms with Crippen molar-refractivity contribution in [1.29, 1.82) is 0 Å². The zero-order valence-electron chi connectivity index (χ0n) is 9.83. The summed E-state index contributed by atoms with van der Waals surface area (Å²) in [5.74, 6) is 0.0969. The van der Waals surface area contributed by atoms with Crippen LogP contribution in [0.3, 0.4) is 0 Å². The maximum atomic E-state index is 12.1. The van der Waals surface area contributed by atoms with Crippen molar-refractivity contribution in [3.8, 4) is 0 Å². The molecule has 0 saturated carbocycles. The highest BCUT2D eigenvalue weighted by atomic mass is 32.2. The highest BCUT2D eigenvalue weighted by Gasteiger charge is 2.35. The number of sulfonamides is 1. The van der Waals surface area contributed by atoms with Gasteiger partial charge in [-0.3, -0.25) is 0 Å². The first kappa shape index (κ1) is 12.5. The molecule has 0 aromatic heterocycles. The molecule has 1 saturated heterocycles. The second-order valence-electron chi connectivity index (χ2n) is 4.37. The Labute approximate surface area is 102 Å². The van der Waals surface area contributed by atoms with Gasteiger partial charge in [-0.1, -0.05) is 19.1 Å². The van der Waals surface area contributed by atoms with Gasteiger partial charge in [-0.15, -0.1) is 0 Å². The Hall–Kier alpha value is -0.910. The lowest BCUT2D eigenvalue weighted by Gasteiger charge is -2.36. The molecule has 0 unspecified atom stereocenters. The van der Waals surface area contributed by atoms with Crippen LogP contribution in [0, 0.1) is 5.92 Å². The summed E-state index contributed by atoms with van der Waals surface area (Å²) >= 11 is 0. The molecule has 0 amide bonds. The van der Waals surface area contributed by atoms with Gasteiger partial charge in [0.2, 0.25) is 10.0 Å². The van der Waals surface area contributed by atoms with Crippen molar-refractivity contribution in [2.75, 3.05) is 19.7 Å². The number of aliphatic hydroxyl groups excluding tert-OH is 1. The van der Waals surface area contributed by atoms with Crippen molar-refractivity contribution >= 4 is 10.0 Å². The van der Waals surface area contributed by atoms with Crippen molar-refractivity contribution in [3.63, 3.8) is 0 Å². The maximum absolute atomic E-state index is 12.1. The second kappa shape index (κ2) is 4.76. The minimum Gasteiger partial charge on any atom is -0.396 e. The largest absolute Gasteiger partial charge is 0.396 e. The van der Waals surface area contributed by atoms with E-state index in [0.717, 1.165) is 12.0 Å². The summed E-state index contributed by atoms with van der Waals surface area (Å²) in [5.41, 5.74) is 1.13. The van der Waals surface area contributed by atoms with E-state index in [-0.39, 0.29) is 12.5 Å². The highest BCUT2D eigenvalue weighted by molar-refractivity contribution is 7.89. The minimum atomic E-state index is -3.35. The fraction of sp³-hybridized carbons (Fsp3) is 0.500. The first-order chi connectivity index (χ1) is 8.07. The van der Waals surface area contributed by atoms with Gasteiger partial charge in [-0.25, -0.2) is 8.42 Å². The van der Waals surface area contributed by atoms with Gasteiger partial charge in [-0.05, 0) is 24.1 Å². The van der Waals surface area contributed by atoms with Crippen LogP contribution < -0.4 is 0 Å². The van der Waals surface area contributed by atoms with E-state index in [1.54, 1.807) is 12.1 Å². The third kappa shape index (κ3) is 2.36. The van der Waals surface area contributed by atoms with Crippen LogP contribution in [-0.2, 0) is 16.4 Å². The molecular weight excluding hydrogens is 238 g/mol. The molecule has 1 aliphatic heterocycles. The molecule has 1 aliphatic rings. The van der Waals surface area contributed by atoms with Gasteiger partial charge in [0.25, 0.3) is 0 Å². The van der Waals surface area contributed by atoms with E-state index in [0.29, 0.717) is 18.0 Å². The quantitative estimate of drug-likeness (QED) is 0.868. The van der Waals surface area contributed by atoms with Gasteiger partial charge >= 0.3 is 0 Å². The van der Waals surface area contributed by atoms with Crippen molar-refractivity contribution in [2.45, 2.75) is 18.2 Å². The molecule has 4 nitrogen and oxygen atoms in total. The summed E-state index contributed by atoms with van der Waals surface area (Å²) in [6, 6.07) is 6.99. The molecule has 2 rings (SSSR count). The van der Waals surface area contributed by atoms with Crippen molar-refractivity contribution in [1.82, 2.24) is 4.31 Å². The van der Waals surface area contributed by atoms with Crippen LogP contribution in [0.5, 0.6) is 0 Å². The van der Waals surface area contributed by atoms with Crippen molar-refractivity contribution in [2.24, 2.45) is 5.92 Å². The van der Waals surface area contributed by atoms with Crippen LogP contribution >= 0.6 is 0 Å². The Morgan fingerprint density at radius 1 is 1.29 bits per heavy atom. The smallest absolute Gasteiger partial charge is 0.243 e. The van der Waals surface area contributed by atoms with E-state index in [4.69, 9.17) is 5.11 Å². The Balaban J connectivity index is 2.15. The molecule has 0 bridgehead atoms. The standard InChI is InChI=1S/C12H17NO3S/c1-2-10-3-5-12(6-4-10)17(15,16)13-7-11(8-13)9-14/h3-6,11,14H,2,7-9H2,1H3. The highest BCUT2D eigenvalue weighted by Crippen LogP contribution is 2.24. The van der Waals surface area contributed by atoms with Gasteiger partial charge in [0.15, 0.2) is 0 Å². The Kier molecular flexibility index (Phi) is 3.51. The molecule has 1 heterocycles. The fourth-order valence-electron chi connectivity index (χ4n) is 1.88. The third-order valence-corrected chi connectivity index (χ3v) is 5.00. The molecule has 0 radical (unpaired) electrons. The number of benzene rings is 1. The fourth-order valence-corrected chi connectivity index (χ4v) is 3.47. The van der Waals surface area contributed by atoms with Crippen LogP contribution in [0.2, 0.25) is 0 Å². The summed E-state index contributed by atoms with van der Waals surface area (Å²) in [6.45, 7) is 2.94. The molecule has 1 fully saturated rings. The predicted octanol–water partition coefficient (Wildman–Crippen LogP) is 0.862. The van der Waals surface area contributed by atoms with E-state index in [2.05, 4.69) is 0 Å². The average Bonchev–Trinajstić information content (AvgIpc) is 2.27. The lowest BCUT2D eigenvalue weighted by Crippen LogP contribution is -2.51. The maximum Gasteiger partial charge on any atom is 0.243 e. The monoisotopic (exact) mass is 255 g/mol. The van der Waals surface area contributed by atoms with Gasteiger partial charge in [0.1, 0.15) is 0 Å². The van der Waals surface area contributed by atoms with E-state index in [9.17, 15) is 8.42 Å². The third-order valence-electron chi connectivity index (χ3n) is 3.15. The Bertz CT molecular complexity index is 475. The van der Waals surface area contributed by atoms with Crippen molar-refractivity contribution < 1.29 is 13.5 Å². The molecule has 1 N–H and O–H groups in total.